The maximum absolute atomic E-state index is 8.85. The fourth-order valence-electron chi connectivity index (χ4n) is 1.22. The van der Waals surface area contributed by atoms with Crippen LogP contribution in [-0.4, -0.2) is 5.75 Å². The van der Waals surface area contributed by atoms with E-state index in [4.69, 9.17) is 21.3 Å². The minimum Gasteiger partial charge on any atom is -0.449 e. The third-order valence-electron chi connectivity index (χ3n) is 2.34. The molecule has 0 bridgehead atoms. The van der Waals surface area contributed by atoms with Gasteiger partial charge in [0.1, 0.15) is 5.76 Å². The Labute approximate surface area is 92.2 Å². The van der Waals surface area contributed by atoms with Crippen LogP contribution in [0.2, 0.25) is 5.22 Å². The molecule has 74 valence electrons. The summed E-state index contributed by atoms with van der Waals surface area (Å²) < 4.78 is 5.21. The molecule has 0 atom stereocenters. The lowest BCUT2D eigenvalue weighted by Gasteiger charge is -2.02. The van der Waals surface area contributed by atoms with Crippen molar-refractivity contribution in [2.75, 3.05) is 5.75 Å². The first-order valence-electron chi connectivity index (χ1n) is 4.47. The molecular weight excluding hydrogens is 218 g/mol. The Morgan fingerprint density at radius 3 is 2.86 bits per heavy atom. The molecule has 1 aromatic heterocycles. The molecule has 0 unspecified atom stereocenters. The summed E-state index contributed by atoms with van der Waals surface area (Å²) in [5.74, 6) is 2.59. The number of hydrogen-bond acceptors (Lipinski definition) is 3. The van der Waals surface area contributed by atoms with Crippen LogP contribution in [0, 0.1) is 16.7 Å². The van der Waals surface area contributed by atoms with E-state index >= 15 is 0 Å². The molecular formula is C10H10ClNOS. The zero-order valence-electron chi connectivity index (χ0n) is 7.62. The van der Waals surface area contributed by atoms with Crippen molar-refractivity contribution in [3.63, 3.8) is 0 Å². The van der Waals surface area contributed by atoms with Gasteiger partial charge in [-0.25, -0.2) is 0 Å². The molecule has 0 saturated heterocycles. The van der Waals surface area contributed by atoms with Crippen LogP contribution in [0.4, 0.5) is 0 Å². The molecule has 0 radical (unpaired) electrons. The first kappa shape index (κ1) is 9.95. The number of thioether (sulfide) groups is 1. The van der Waals surface area contributed by atoms with Gasteiger partial charge in [-0.15, -0.1) is 0 Å². The molecule has 0 aromatic carbocycles. The third kappa shape index (κ3) is 2.26. The van der Waals surface area contributed by atoms with Gasteiger partial charge in [0.25, 0.3) is 0 Å². The molecule has 1 saturated carbocycles. The van der Waals surface area contributed by atoms with Gasteiger partial charge in [-0.05, 0) is 36.6 Å². The highest BCUT2D eigenvalue weighted by molar-refractivity contribution is 7.98. The van der Waals surface area contributed by atoms with Gasteiger partial charge in [0, 0.05) is 5.75 Å². The summed E-state index contributed by atoms with van der Waals surface area (Å²) in [7, 11) is 0. The molecule has 2 nitrogen and oxygen atoms in total. The molecule has 1 aliphatic carbocycles. The summed E-state index contributed by atoms with van der Waals surface area (Å²) in [5, 5.41) is 9.28. The second kappa shape index (κ2) is 3.88. The zero-order valence-corrected chi connectivity index (χ0v) is 9.20. The van der Waals surface area contributed by atoms with E-state index in [1.54, 1.807) is 17.8 Å². The van der Waals surface area contributed by atoms with E-state index < -0.39 is 0 Å². The van der Waals surface area contributed by atoms with Gasteiger partial charge in [0.2, 0.25) is 0 Å². The molecule has 0 amide bonds. The normalized spacial score (nSPS) is 17.7. The summed E-state index contributed by atoms with van der Waals surface area (Å²) in [6.07, 6.45) is 2.10. The number of furan rings is 1. The summed E-state index contributed by atoms with van der Waals surface area (Å²) >= 11 is 7.38. The third-order valence-corrected chi connectivity index (χ3v) is 3.79. The predicted octanol–water partition coefficient (Wildman–Crippen LogP) is 3.47. The summed E-state index contributed by atoms with van der Waals surface area (Å²) in [6.45, 7) is 0. The van der Waals surface area contributed by atoms with E-state index in [1.807, 2.05) is 6.07 Å². The van der Waals surface area contributed by atoms with Gasteiger partial charge in [0.05, 0.1) is 17.2 Å². The van der Waals surface area contributed by atoms with Crippen molar-refractivity contribution in [1.29, 1.82) is 5.26 Å². The van der Waals surface area contributed by atoms with E-state index in [0.717, 1.165) is 30.1 Å². The number of rotatable bonds is 4. The van der Waals surface area contributed by atoms with Gasteiger partial charge in [-0.1, -0.05) is 0 Å². The second-order valence-electron chi connectivity index (χ2n) is 3.59. The molecule has 14 heavy (non-hydrogen) atoms. The van der Waals surface area contributed by atoms with Crippen molar-refractivity contribution >= 4 is 23.4 Å². The molecule has 1 aliphatic rings. The Morgan fingerprint density at radius 2 is 2.36 bits per heavy atom. The lowest BCUT2D eigenvalue weighted by Crippen LogP contribution is -1.99. The van der Waals surface area contributed by atoms with E-state index in [-0.39, 0.29) is 5.41 Å². The zero-order chi connectivity index (χ0) is 10.0. The second-order valence-corrected chi connectivity index (χ2v) is 4.95. The number of nitriles is 1. The highest BCUT2D eigenvalue weighted by atomic mass is 35.5. The smallest absolute Gasteiger partial charge is 0.193 e. The van der Waals surface area contributed by atoms with Gasteiger partial charge in [-0.3, -0.25) is 0 Å². The fourth-order valence-corrected chi connectivity index (χ4v) is 2.58. The first-order chi connectivity index (χ1) is 6.74. The Hall–Kier alpha value is -0.590. The van der Waals surface area contributed by atoms with Crippen LogP contribution in [0.1, 0.15) is 18.6 Å². The van der Waals surface area contributed by atoms with E-state index in [2.05, 4.69) is 6.07 Å². The highest BCUT2D eigenvalue weighted by Gasteiger charge is 2.42. The Morgan fingerprint density at radius 1 is 1.57 bits per heavy atom. The molecule has 0 aliphatic heterocycles. The van der Waals surface area contributed by atoms with Crippen molar-refractivity contribution in [2.45, 2.75) is 18.6 Å². The average Bonchev–Trinajstić information content (AvgIpc) is 2.84. The van der Waals surface area contributed by atoms with Crippen LogP contribution < -0.4 is 0 Å². The number of hydrogen-bond donors (Lipinski definition) is 0. The largest absolute Gasteiger partial charge is 0.449 e. The van der Waals surface area contributed by atoms with Crippen molar-refractivity contribution in [1.82, 2.24) is 0 Å². The van der Waals surface area contributed by atoms with Crippen molar-refractivity contribution < 1.29 is 4.42 Å². The van der Waals surface area contributed by atoms with Crippen LogP contribution in [0.5, 0.6) is 0 Å². The summed E-state index contributed by atoms with van der Waals surface area (Å²) in [5.41, 5.74) is -0.0267. The standard InChI is InChI=1S/C10H10ClNOS/c11-9-2-1-8(13-9)5-14-7-10(6-12)3-4-10/h1-2H,3-5,7H2. The van der Waals surface area contributed by atoms with Crippen molar-refractivity contribution in [3.8, 4) is 6.07 Å². The Kier molecular flexibility index (Phi) is 2.76. The molecule has 1 heterocycles. The van der Waals surface area contributed by atoms with Gasteiger partial charge < -0.3 is 4.42 Å². The van der Waals surface area contributed by atoms with Crippen LogP contribution in [-0.2, 0) is 5.75 Å². The summed E-state index contributed by atoms with van der Waals surface area (Å²) in [4.78, 5) is 0. The molecule has 0 N–H and O–H groups in total. The first-order valence-corrected chi connectivity index (χ1v) is 6.01. The quantitative estimate of drug-likeness (QED) is 0.791. The Bertz CT molecular complexity index is 364. The van der Waals surface area contributed by atoms with Crippen LogP contribution in [0.15, 0.2) is 16.5 Å². The highest BCUT2D eigenvalue weighted by Crippen LogP contribution is 2.47. The molecule has 4 heteroatoms. The number of halogens is 1. The van der Waals surface area contributed by atoms with Gasteiger partial charge in [0.15, 0.2) is 5.22 Å². The maximum atomic E-state index is 8.85. The minimum absolute atomic E-state index is 0.0267. The molecule has 1 aromatic rings. The topological polar surface area (TPSA) is 36.9 Å². The fraction of sp³-hybridized carbons (Fsp3) is 0.500. The van der Waals surface area contributed by atoms with Gasteiger partial charge in [-0.2, -0.15) is 17.0 Å². The molecule has 0 spiro atoms. The van der Waals surface area contributed by atoms with E-state index in [1.165, 1.54) is 0 Å². The average molecular weight is 228 g/mol. The van der Waals surface area contributed by atoms with Crippen LogP contribution in [0.3, 0.4) is 0 Å². The molecule has 2 rings (SSSR count). The maximum Gasteiger partial charge on any atom is 0.193 e. The minimum atomic E-state index is -0.0267. The predicted molar refractivity (Wildman–Crippen MR) is 57.2 cm³/mol. The number of nitrogens with zero attached hydrogens (tertiary/aromatic N) is 1. The van der Waals surface area contributed by atoms with Crippen LogP contribution in [0.25, 0.3) is 0 Å². The van der Waals surface area contributed by atoms with E-state index in [0.29, 0.717) is 5.22 Å². The van der Waals surface area contributed by atoms with Crippen molar-refractivity contribution in [2.24, 2.45) is 5.41 Å². The van der Waals surface area contributed by atoms with Crippen molar-refractivity contribution in [3.05, 3.63) is 23.1 Å². The van der Waals surface area contributed by atoms with Gasteiger partial charge >= 0.3 is 0 Å². The molecule has 1 fully saturated rings. The monoisotopic (exact) mass is 227 g/mol. The lowest BCUT2D eigenvalue weighted by atomic mass is 10.2. The summed E-state index contributed by atoms with van der Waals surface area (Å²) in [6, 6.07) is 5.99. The Balaban J connectivity index is 1.76. The van der Waals surface area contributed by atoms with E-state index in [9.17, 15) is 0 Å². The lowest BCUT2D eigenvalue weighted by molar-refractivity contribution is 0.532. The SMILES string of the molecule is N#CC1(CSCc2ccc(Cl)o2)CC1. The van der Waals surface area contributed by atoms with Crippen LogP contribution >= 0.6 is 23.4 Å².